The highest BCUT2D eigenvalue weighted by Gasteiger charge is 2.34. The quantitative estimate of drug-likeness (QED) is 0.681. The third kappa shape index (κ3) is 2.12. The molecule has 1 saturated heterocycles. The zero-order chi connectivity index (χ0) is 10.8. The maximum atomic E-state index is 11.5. The topological polar surface area (TPSA) is 69.6 Å². The molecule has 0 aromatic carbocycles. The van der Waals surface area contributed by atoms with E-state index in [1.54, 1.807) is 4.90 Å². The fourth-order valence-electron chi connectivity index (χ4n) is 2.42. The standard InChI is InChI=1S/C10H16N2O3/c13-6-7-1-2-8(5-7)12-4-3-9(14)11-10(12)15/h7-8,13H,1-6H2,(H,11,14,15)/t7-,8+/m1/s1. The molecule has 0 aromatic rings. The van der Waals surface area contributed by atoms with E-state index in [9.17, 15) is 9.59 Å². The molecule has 5 heteroatoms. The summed E-state index contributed by atoms with van der Waals surface area (Å²) in [5.41, 5.74) is 0. The summed E-state index contributed by atoms with van der Waals surface area (Å²) in [7, 11) is 0. The van der Waals surface area contributed by atoms with Gasteiger partial charge >= 0.3 is 6.03 Å². The molecule has 2 aliphatic rings. The van der Waals surface area contributed by atoms with Gasteiger partial charge in [0.15, 0.2) is 0 Å². The van der Waals surface area contributed by atoms with Gasteiger partial charge in [-0.3, -0.25) is 10.1 Å². The van der Waals surface area contributed by atoms with E-state index in [0.717, 1.165) is 19.3 Å². The number of rotatable bonds is 2. The molecule has 0 aromatic heterocycles. The van der Waals surface area contributed by atoms with Crippen LogP contribution in [0.1, 0.15) is 25.7 Å². The molecule has 0 radical (unpaired) electrons. The maximum absolute atomic E-state index is 11.5. The number of aliphatic hydroxyl groups is 1. The van der Waals surface area contributed by atoms with Crippen LogP contribution < -0.4 is 5.32 Å². The lowest BCUT2D eigenvalue weighted by Crippen LogP contribution is -2.52. The van der Waals surface area contributed by atoms with Gasteiger partial charge in [0.05, 0.1) is 0 Å². The normalized spacial score (nSPS) is 31.9. The first-order valence-electron chi connectivity index (χ1n) is 5.42. The number of hydrogen-bond donors (Lipinski definition) is 2. The van der Waals surface area contributed by atoms with E-state index in [1.807, 2.05) is 0 Å². The Kier molecular flexibility index (Phi) is 2.90. The molecule has 0 bridgehead atoms. The molecule has 1 saturated carbocycles. The molecule has 0 unspecified atom stereocenters. The number of carbonyl (C=O) groups is 2. The summed E-state index contributed by atoms with van der Waals surface area (Å²) in [6, 6.07) is -0.0647. The fraction of sp³-hybridized carbons (Fsp3) is 0.800. The Morgan fingerprint density at radius 1 is 1.40 bits per heavy atom. The molecular weight excluding hydrogens is 196 g/mol. The Labute approximate surface area is 88.4 Å². The molecule has 1 aliphatic heterocycles. The van der Waals surface area contributed by atoms with Gasteiger partial charge in [-0.2, -0.15) is 0 Å². The Morgan fingerprint density at radius 3 is 2.80 bits per heavy atom. The van der Waals surface area contributed by atoms with E-state index in [0.29, 0.717) is 18.9 Å². The zero-order valence-electron chi connectivity index (χ0n) is 8.61. The van der Waals surface area contributed by atoms with Gasteiger partial charge in [0.1, 0.15) is 0 Å². The highest BCUT2D eigenvalue weighted by Crippen LogP contribution is 2.29. The number of nitrogens with zero attached hydrogens (tertiary/aromatic N) is 1. The SMILES string of the molecule is O=C1CCN([C@H]2CC[C@@H](CO)C2)C(=O)N1. The van der Waals surface area contributed by atoms with Crippen molar-refractivity contribution >= 4 is 11.9 Å². The van der Waals surface area contributed by atoms with Crippen LogP contribution in [0.5, 0.6) is 0 Å². The van der Waals surface area contributed by atoms with Gasteiger partial charge in [-0.15, -0.1) is 0 Å². The number of amides is 3. The number of aliphatic hydroxyl groups excluding tert-OH is 1. The van der Waals surface area contributed by atoms with Gasteiger partial charge < -0.3 is 10.0 Å². The predicted octanol–water partition coefficient (Wildman–Crippen LogP) is 0.0893. The van der Waals surface area contributed by atoms with Crippen molar-refractivity contribution in [2.75, 3.05) is 13.2 Å². The van der Waals surface area contributed by atoms with E-state index in [2.05, 4.69) is 5.32 Å². The van der Waals surface area contributed by atoms with Crippen LogP contribution in [0.25, 0.3) is 0 Å². The molecule has 2 atom stereocenters. The van der Waals surface area contributed by atoms with Gasteiger partial charge in [-0.05, 0) is 25.2 Å². The van der Waals surface area contributed by atoms with Crippen LogP contribution in [0, 0.1) is 5.92 Å². The number of imide groups is 1. The maximum Gasteiger partial charge on any atom is 0.324 e. The van der Waals surface area contributed by atoms with Crippen LogP contribution in [0.15, 0.2) is 0 Å². The van der Waals surface area contributed by atoms with E-state index in [4.69, 9.17) is 5.11 Å². The van der Waals surface area contributed by atoms with Crippen LogP contribution in [0.4, 0.5) is 4.79 Å². The van der Waals surface area contributed by atoms with E-state index >= 15 is 0 Å². The monoisotopic (exact) mass is 212 g/mol. The third-order valence-electron chi connectivity index (χ3n) is 3.30. The predicted molar refractivity (Wildman–Crippen MR) is 53.1 cm³/mol. The Hall–Kier alpha value is -1.10. The molecular formula is C10H16N2O3. The second-order valence-electron chi connectivity index (χ2n) is 4.31. The lowest BCUT2D eigenvalue weighted by molar-refractivity contribution is -0.121. The van der Waals surface area contributed by atoms with Crippen LogP contribution in [0.3, 0.4) is 0 Å². The lowest BCUT2D eigenvalue weighted by Gasteiger charge is -2.32. The first-order chi connectivity index (χ1) is 7.20. The molecule has 1 heterocycles. The molecule has 1 aliphatic carbocycles. The Balaban J connectivity index is 1.94. The van der Waals surface area contributed by atoms with Crippen molar-refractivity contribution in [3.63, 3.8) is 0 Å². The van der Waals surface area contributed by atoms with Gasteiger partial charge in [0.25, 0.3) is 0 Å². The van der Waals surface area contributed by atoms with Crippen molar-refractivity contribution in [3.05, 3.63) is 0 Å². The summed E-state index contributed by atoms with van der Waals surface area (Å²) in [4.78, 5) is 24.2. The lowest BCUT2D eigenvalue weighted by atomic mass is 10.1. The minimum atomic E-state index is -0.269. The molecule has 2 fully saturated rings. The summed E-state index contributed by atoms with van der Waals surface area (Å²) in [5.74, 6) is 0.133. The first-order valence-corrected chi connectivity index (χ1v) is 5.42. The summed E-state index contributed by atoms with van der Waals surface area (Å²) in [6.07, 6.45) is 3.16. The molecule has 2 N–H and O–H groups in total. The highest BCUT2D eigenvalue weighted by atomic mass is 16.3. The highest BCUT2D eigenvalue weighted by molar-refractivity contribution is 5.96. The van der Waals surface area contributed by atoms with E-state index in [-0.39, 0.29) is 24.6 Å². The molecule has 15 heavy (non-hydrogen) atoms. The van der Waals surface area contributed by atoms with Crippen molar-refractivity contribution in [3.8, 4) is 0 Å². The molecule has 5 nitrogen and oxygen atoms in total. The second-order valence-corrected chi connectivity index (χ2v) is 4.31. The van der Waals surface area contributed by atoms with E-state index < -0.39 is 0 Å². The van der Waals surface area contributed by atoms with Gasteiger partial charge in [0, 0.05) is 25.6 Å². The van der Waals surface area contributed by atoms with Gasteiger partial charge in [-0.1, -0.05) is 0 Å². The summed E-state index contributed by atoms with van der Waals surface area (Å²) < 4.78 is 0. The van der Waals surface area contributed by atoms with Gasteiger partial charge in [0.2, 0.25) is 5.91 Å². The second kappa shape index (κ2) is 4.18. The molecule has 0 spiro atoms. The fourth-order valence-corrected chi connectivity index (χ4v) is 2.42. The van der Waals surface area contributed by atoms with Crippen molar-refractivity contribution in [2.24, 2.45) is 5.92 Å². The Morgan fingerprint density at radius 2 is 2.20 bits per heavy atom. The summed E-state index contributed by atoms with van der Waals surface area (Å²) in [5, 5.41) is 11.3. The van der Waals surface area contributed by atoms with Crippen molar-refractivity contribution in [1.82, 2.24) is 10.2 Å². The minimum Gasteiger partial charge on any atom is -0.396 e. The molecule has 84 valence electrons. The number of hydrogen-bond acceptors (Lipinski definition) is 3. The van der Waals surface area contributed by atoms with Gasteiger partial charge in [-0.25, -0.2) is 4.79 Å². The first kappa shape index (κ1) is 10.4. The molecule has 2 rings (SSSR count). The average molecular weight is 212 g/mol. The van der Waals surface area contributed by atoms with Crippen molar-refractivity contribution in [1.29, 1.82) is 0 Å². The number of urea groups is 1. The smallest absolute Gasteiger partial charge is 0.324 e. The van der Waals surface area contributed by atoms with Crippen LogP contribution in [-0.2, 0) is 4.79 Å². The Bertz CT molecular complexity index is 280. The minimum absolute atomic E-state index is 0.187. The summed E-state index contributed by atoms with van der Waals surface area (Å²) in [6.45, 7) is 0.721. The van der Waals surface area contributed by atoms with Crippen molar-refractivity contribution in [2.45, 2.75) is 31.7 Å². The molecule has 3 amide bonds. The summed E-state index contributed by atoms with van der Waals surface area (Å²) >= 11 is 0. The largest absolute Gasteiger partial charge is 0.396 e. The zero-order valence-corrected chi connectivity index (χ0v) is 8.61. The third-order valence-corrected chi connectivity index (χ3v) is 3.30. The number of nitrogens with one attached hydrogen (secondary N) is 1. The average Bonchev–Trinajstić information content (AvgIpc) is 2.66. The van der Waals surface area contributed by atoms with E-state index in [1.165, 1.54) is 0 Å². The van der Waals surface area contributed by atoms with Crippen LogP contribution in [0.2, 0.25) is 0 Å². The number of carbonyl (C=O) groups excluding carboxylic acids is 2. The van der Waals surface area contributed by atoms with Crippen LogP contribution >= 0.6 is 0 Å². The van der Waals surface area contributed by atoms with Crippen molar-refractivity contribution < 1.29 is 14.7 Å². The van der Waals surface area contributed by atoms with Crippen LogP contribution in [-0.4, -0.2) is 41.1 Å².